The summed E-state index contributed by atoms with van der Waals surface area (Å²) in [5.74, 6) is 0.652. The van der Waals surface area contributed by atoms with Gasteiger partial charge in [-0.2, -0.15) is 0 Å². The molecule has 0 bridgehead atoms. The number of benzene rings is 1. The highest BCUT2D eigenvalue weighted by molar-refractivity contribution is 6.04. The zero-order valence-corrected chi connectivity index (χ0v) is 15.7. The number of amides is 1. The Labute approximate surface area is 162 Å². The largest absolute Gasteiger partial charge is 0.372 e. The van der Waals surface area contributed by atoms with E-state index in [2.05, 4.69) is 44.6 Å². The number of nitrogens with zero attached hydrogens (tertiary/aromatic N) is 6. The average Bonchev–Trinajstić information content (AvgIpc) is 3.23. The molecule has 9 nitrogen and oxygen atoms in total. The first-order valence-electron chi connectivity index (χ1n) is 9.10. The molecule has 4 rings (SSSR count). The summed E-state index contributed by atoms with van der Waals surface area (Å²) >= 11 is 0. The van der Waals surface area contributed by atoms with E-state index in [1.165, 1.54) is 11.0 Å². The third-order valence-electron chi connectivity index (χ3n) is 4.47. The van der Waals surface area contributed by atoms with E-state index in [0.717, 1.165) is 18.9 Å². The predicted molar refractivity (Wildman–Crippen MR) is 104 cm³/mol. The molecule has 2 aromatic heterocycles. The summed E-state index contributed by atoms with van der Waals surface area (Å²) in [5.41, 5.74) is 1.85. The highest BCUT2D eigenvalue weighted by atomic mass is 16.5. The van der Waals surface area contributed by atoms with Gasteiger partial charge in [-0.3, -0.25) is 4.79 Å². The number of morpholine rings is 1. The second kappa shape index (κ2) is 7.73. The maximum absolute atomic E-state index is 12.6. The summed E-state index contributed by atoms with van der Waals surface area (Å²) in [5, 5.41) is 13.9. The van der Waals surface area contributed by atoms with Crippen molar-refractivity contribution in [2.75, 3.05) is 23.3 Å². The van der Waals surface area contributed by atoms with Gasteiger partial charge in [0.05, 0.1) is 29.8 Å². The third kappa shape index (κ3) is 3.99. The number of hydrogen-bond donors (Lipinski definition) is 1. The fourth-order valence-corrected chi connectivity index (χ4v) is 3.28. The van der Waals surface area contributed by atoms with Gasteiger partial charge in [0.1, 0.15) is 12.1 Å². The van der Waals surface area contributed by atoms with Crippen molar-refractivity contribution in [3.63, 3.8) is 0 Å². The molecule has 3 heterocycles. The van der Waals surface area contributed by atoms with E-state index in [0.29, 0.717) is 16.9 Å². The lowest BCUT2D eigenvalue weighted by Crippen LogP contribution is -2.45. The molecule has 3 aromatic rings. The molecular formula is C19H21N7O2. The molecule has 0 saturated carbocycles. The van der Waals surface area contributed by atoms with E-state index in [9.17, 15) is 4.79 Å². The first kappa shape index (κ1) is 18.1. The van der Waals surface area contributed by atoms with Gasteiger partial charge < -0.3 is 15.0 Å². The maximum atomic E-state index is 12.6. The minimum atomic E-state index is -0.224. The smallest absolute Gasteiger partial charge is 0.255 e. The van der Waals surface area contributed by atoms with Crippen LogP contribution in [0.2, 0.25) is 0 Å². The number of rotatable bonds is 4. The Morgan fingerprint density at radius 2 is 2.00 bits per heavy atom. The summed E-state index contributed by atoms with van der Waals surface area (Å²) in [7, 11) is 0. The van der Waals surface area contributed by atoms with E-state index >= 15 is 0 Å². The monoisotopic (exact) mass is 379 g/mol. The highest BCUT2D eigenvalue weighted by Crippen LogP contribution is 2.20. The van der Waals surface area contributed by atoms with Gasteiger partial charge in [-0.25, -0.2) is 9.67 Å². The number of aromatic nitrogens is 5. The molecular weight excluding hydrogens is 358 g/mol. The number of tetrazole rings is 1. The average molecular weight is 379 g/mol. The lowest BCUT2D eigenvalue weighted by molar-refractivity contribution is -0.00545. The second-order valence-electron chi connectivity index (χ2n) is 6.83. The van der Waals surface area contributed by atoms with Crippen LogP contribution in [0.5, 0.6) is 0 Å². The van der Waals surface area contributed by atoms with Crippen molar-refractivity contribution in [1.29, 1.82) is 0 Å². The Kier molecular flexibility index (Phi) is 4.98. The molecule has 0 spiro atoms. The van der Waals surface area contributed by atoms with Crippen LogP contribution in [0.25, 0.3) is 5.69 Å². The summed E-state index contributed by atoms with van der Waals surface area (Å²) < 4.78 is 7.26. The quantitative estimate of drug-likeness (QED) is 0.739. The number of carbonyl (C=O) groups is 1. The minimum absolute atomic E-state index is 0.164. The van der Waals surface area contributed by atoms with Crippen molar-refractivity contribution in [3.8, 4) is 5.69 Å². The third-order valence-corrected chi connectivity index (χ3v) is 4.47. The summed E-state index contributed by atoms with van der Waals surface area (Å²) in [4.78, 5) is 19.3. The van der Waals surface area contributed by atoms with E-state index in [1.807, 2.05) is 18.2 Å². The first-order chi connectivity index (χ1) is 13.6. The highest BCUT2D eigenvalue weighted by Gasteiger charge is 2.23. The molecule has 0 radical (unpaired) electrons. The lowest BCUT2D eigenvalue weighted by Gasteiger charge is -2.36. The molecule has 1 amide bonds. The topological polar surface area (TPSA) is 98.1 Å². The SMILES string of the molecule is C[C@@H]1CN(c2ccc(NC(=O)c3cccc(-n4cnnn4)c3)cn2)C[C@@H](C)O1. The van der Waals surface area contributed by atoms with Crippen molar-refractivity contribution in [1.82, 2.24) is 25.2 Å². The van der Waals surface area contributed by atoms with Crippen molar-refractivity contribution < 1.29 is 9.53 Å². The van der Waals surface area contributed by atoms with Crippen LogP contribution < -0.4 is 10.2 Å². The van der Waals surface area contributed by atoms with Gasteiger partial charge in [-0.15, -0.1) is 5.10 Å². The molecule has 28 heavy (non-hydrogen) atoms. The van der Waals surface area contributed by atoms with Gasteiger partial charge in [-0.1, -0.05) is 6.07 Å². The number of pyridine rings is 1. The second-order valence-corrected chi connectivity index (χ2v) is 6.83. The van der Waals surface area contributed by atoms with Crippen molar-refractivity contribution in [3.05, 3.63) is 54.5 Å². The van der Waals surface area contributed by atoms with Crippen LogP contribution in [0.4, 0.5) is 11.5 Å². The van der Waals surface area contributed by atoms with Crippen LogP contribution in [0.3, 0.4) is 0 Å². The zero-order chi connectivity index (χ0) is 19.5. The van der Waals surface area contributed by atoms with Crippen molar-refractivity contribution >= 4 is 17.4 Å². The van der Waals surface area contributed by atoms with E-state index in [-0.39, 0.29) is 18.1 Å². The molecule has 1 saturated heterocycles. The Morgan fingerprint density at radius 3 is 2.68 bits per heavy atom. The van der Waals surface area contributed by atoms with Gasteiger partial charge in [0.25, 0.3) is 5.91 Å². The molecule has 2 atom stereocenters. The Hall–Kier alpha value is -3.33. The number of hydrogen-bond acceptors (Lipinski definition) is 7. The fourth-order valence-electron chi connectivity index (χ4n) is 3.28. The maximum Gasteiger partial charge on any atom is 0.255 e. The van der Waals surface area contributed by atoms with Crippen LogP contribution in [0, 0.1) is 0 Å². The summed E-state index contributed by atoms with van der Waals surface area (Å²) in [6, 6.07) is 10.8. The van der Waals surface area contributed by atoms with Gasteiger partial charge in [0.2, 0.25) is 0 Å². The van der Waals surface area contributed by atoms with Gasteiger partial charge >= 0.3 is 0 Å². The first-order valence-corrected chi connectivity index (χ1v) is 9.10. The molecule has 0 aliphatic carbocycles. The molecule has 144 valence electrons. The predicted octanol–water partition coefficient (Wildman–Crippen LogP) is 1.92. The van der Waals surface area contributed by atoms with E-state index in [4.69, 9.17) is 4.74 Å². The number of ether oxygens (including phenoxy) is 1. The molecule has 1 aliphatic heterocycles. The minimum Gasteiger partial charge on any atom is -0.372 e. The van der Waals surface area contributed by atoms with E-state index in [1.54, 1.807) is 24.4 Å². The standard InChI is InChI=1S/C19H21N7O2/c1-13-10-25(11-14(2)28-13)18-7-6-16(9-20-18)22-19(27)15-4-3-5-17(8-15)26-12-21-23-24-26/h3-9,12-14H,10-11H2,1-2H3,(H,22,27)/t13-,14-/m1/s1. The molecule has 1 aromatic carbocycles. The van der Waals surface area contributed by atoms with Crippen LogP contribution in [-0.2, 0) is 4.74 Å². The normalized spacial score (nSPS) is 19.4. The molecule has 1 N–H and O–H groups in total. The molecule has 1 aliphatic rings. The zero-order valence-electron chi connectivity index (χ0n) is 15.7. The molecule has 1 fully saturated rings. The van der Waals surface area contributed by atoms with Crippen LogP contribution in [-0.4, -0.2) is 56.4 Å². The van der Waals surface area contributed by atoms with Crippen LogP contribution in [0.15, 0.2) is 48.9 Å². The van der Waals surface area contributed by atoms with Crippen molar-refractivity contribution in [2.45, 2.75) is 26.1 Å². The number of anilines is 2. The van der Waals surface area contributed by atoms with E-state index < -0.39 is 0 Å². The Bertz CT molecular complexity index is 933. The van der Waals surface area contributed by atoms with Gasteiger partial charge in [0, 0.05) is 18.7 Å². The van der Waals surface area contributed by atoms with Crippen molar-refractivity contribution in [2.24, 2.45) is 0 Å². The Morgan fingerprint density at radius 1 is 1.18 bits per heavy atom. The lowest BCUT2D eigenvalue weighted by atomic mass is 10.2. The summed E-state index contributed by atoms with van der Waals surface area (Å²) in [6.45, 7) is 5.71. The Balaban J connectivity index is 1.44. The number of nitrogens with one attached hydrogen (secondary N) is 1. The number of carbonyl (C=O) groups excluding carboxylic acids is 1. The molecule has 0 unspecified atom stereocenters. The van der Waals surface area contributed by atoms with Crippen LogP contribution in [0.1, 0.15) is 24.2 Å². The molecule has 9 heteroatoms. The fraction of sp³-hybridized carbons (Fsp3) is 0.316. The van der Waals surface area contributed by atoms with Gasteiger partial charge in [-0.05, 0) is 54.6 Å². The van der Waals surface area contributed by atoms with Gasteiger partial charge in [0.15, 0.2) is 0 Å². The summed E-state index contributed by atoms with van der Waals surface area (Å²) in [6.07, 6.45) is 3.48. The van der Waals surface area contributed by atoms with Crippen LogP contribution >= 0.6 is 0 Å².